The van der Waals surface area contributed by atoms with E-state index in [9.17, 15) is 4.39 Å². The third kappa shape index (κ3) is 2.45. The van der Waals surface area contributed by atoms with E-state index in [1.54, 1.807) is 16.8 Å². The number of halogens is 2. The van der Waals surface area contributed by atoms with Crippen LogP contribution in [0.25, 0.3) is 0 Å². The summed E-state index contributed by atoms with van der Waals surface area (Å²) in [5, 5.41) is 4.21. The Morgan fingerprint density at radius 2 is 2.20 bits per heavy atom. The van der Waals surface area contributed by atoms with Gasteiger partial charge in [0.25, 0.3) is 0 Å². The van der Waals surface area contributed by atoms with E-state index in [-0.39, 0.29) is 5.82 Å². The van der Waals surface area contributed by atoms with Crippen LogP contribution in [-0.2, 0) is 6.54 Å². The minimum atomic E-state index is -0.202. The van der Waals surface area contributed by atoms with Crippen LogP contribution in [0.1, 0.15) is 11.3 Å². The van der Waals surface area contributed by atoms with Crippen LogP contribution in [0.4, 0.5) is 4.39 Å². The van der Waals surface area contributed by atoms with Crippen LogP contribution in [0.2, 0.25) is 0 Å². The molecule has 0 aliphatic heterocycles. The van der Waals surface area contributed by atoms with Crippen molar-refractivity contribution < 1.29 is 4.39 Å². The lowest BCUT2D eigenvalue weighted by Gasteiger charge is -2.04. The summed E-state index contributed by atoms with van der Waals surface area (Å²) in [4.78, 5) is 0. The number of hydrogen-bond donors (Lipinski definition) is 0. The molecule has 2 nitrogen and oxygen atoms in total. The highest BCUT2D eigenvalue weighted by atomic mass is 79.9. The van der Waals surface area contributed by atoms with E-state index in [0.29, 0.717) is 12.1 Å². The van der Waals surface area contributed by atoms with Crippen molar-refractivity contribution in [2.75, 3.05) is 0 Å². The molecule has 0 saturated carbocycles. The van der Waals surface area contributed by atoms with Gasteiger partial charge >= 0.3 is 0 Å². The number of aromatic nitrogens is 2. The van der Waals surface area contributed by atoms with E-state index in [2.05, 4.69) is 21.0 Å². The Bertz CT molecular complexity index is 479. The molecule has 0 aliphatic rings. The maximum atomic E-state index is 13.4. The summed E-state index contributed by atoms with van der Waals surface area (Å²) in [6.07, 6.45) is 1.84. The molecule has 0 spiro atoms. The topological polar surface area (TPSA) is 17.8 Å². The van der Waals surface area contributed by atoms with Gasteiger partial charge in [0.05, 0.1) is 12.2 Å². The highest BCUT2D eigenvalue weighted by Gasteiger charge is 2.04. The molecule has 78 valence electrons. The van der Waals surface area contributed by atoms with Gasteiger partial charge in [-0.2, -0.15) is 5.10 Å². The Morgan fingerprint density at radius 3 is 2.87 bits per heavy atom. The maximum Gasteiger partial charge on any atom is 0.128 e. The Balaban J connectivity index is 2.27. The fourth-order valence-corrected chi connectivity index (χ4v) is 1.80. The average Bonchev–Trinajstić information content (AvgIpc) is 2.58. The smallest absolute Gasteiger partial charge is 0.128 e. The highest BCUT2D eigenvalue weighted by Crippen LogP contribution is 2.16. The minimum absolute atomic E-state index is 0.202. The minimum Gasteiger partial charge on any atom is -0.268 e. The predicted molar refractivity (Wildman–Crippen MR) is 60.2 cm³/mol. The summed E-state index contributed by atoms with van der Waals surface area (Å²) in [5.74, 6) is -0.202. The largest absolute Gasteiger partial charge is 0.268 e. The summed E-state index contributed by atoms with van der Waals surface area (Å²) in [6, 6.07) is 6.81. The second-order valence-corrected chi connectivity index (χ2v) is 4.31. The molecule has 0 saturated heterocycles. The molecule has 0 amide bonds. The monoisotopic (exact) mass is 268 g/mol. The fourth-order valence-electron chi connectivity index (χ4n) is 1.39. The van der Waals surface area contributed by atoms with Crippen LogP contribution >= 0.6 is 15.9 Å². The highest BCUT2D eigenvalue weighted by molar-refractivity contribution is 9.10. The van der Waals surface area contributed by atoms with Gasteiger partial charge in [-0.25, -0.2) is 4.39 Å². The molecule has 1 aromatic carbocycles. The number of aryl methyl sites for hydroxylation is 1. The summed E-state index contributed by atoms with van der Waals surface area (Å²) in [7, 11) is 0. The summed E-state index contributed by atoms with van der Waals surface area (Å²) >= 11 is 3.32. The molecule has 0 fully saturated rings. The van der Waals surface area contributed by atoms with Crippen LogP contribution in [0.15, 0.2) is 34.9 Å². The molecule has 0 unspecified atom stereocenters. The van der Waals surface area contributed by atoms with Crippen LogP contribution in [0.5, 0.6) is 0 Å². The number of rotatable bonds is 2. The molecule has 15 heavy (non-hydrogen) atoms. The molecule has 1 aromatic heterocycles. The van der Waals surface area contributed by atoms with Crippen molar-refractivity contribution in [1.82, 2.24) is 9.78 Å². The molecule has 4 heteroatoms. The SMILES string of the molecule is Cc1ccn(Cc2cc(Br)ccc2F)n1. The van der Waals surface area contributed by atoms with Gasteiger partial charge in [0.15, 0.2) is 0 Å². The molecule has 1 heterocycles. The molecule has 2 aromatic rings. The van der Waals surface area contributed by atoms with E-state index < -0.39 is 0 Å². The summed E-state index contributed by atoms with van der Waals surface area (Å²) < 4.78 is 16.0. The zero-order valence-electron chi connectivity index (χ0n) is 8.24. The predicted octanol–water partition coefficient (Wildman–Crippen LogP) is 3.14. The van der Waals surface area contributed by atoms with Gasteiger partial charge in [0.2, 0.25) is 0 Å². The van der Waals surface area contributed by atoms with E-state index >= 15 is 0 Å². The first-order valence-electron chi connectivity index (χ1n) is 4.59. The fraction of sp³-hybridized carbons (Fsp3) is 0.182. The van der Waals surface area contributed by atoms with Crippen molar-refractivity contribution >= 4 is 15.9 Å². The second-order valence-electron chi connectivity index (χ2n) is 3.39. The molecular weight excluding hydrogens is 259 g/mol. The van der Waals surface area contributed by atoms with Gasteiger partial charge < -0.3 is 0 Å². The van der Waals surface area contributed by atoms with Crippen molar-refractivity contribution in [3.63, 3.8) is 0 Å². The van der Waals surface area contributed by atoms with E-state index in [1.807, 2.05) is 19.2 Å². The lowest BCUT2D eigenvalue weighted by molar-refractivity contribution is 0.583. The van der Waals surface area contributed by atoms with Gasteiger partial charge in [-0.1, -0.05) is 15.9 Å². The Morgan fingerprint density at radius 1 is 1.40 bits per heavy atom. The van der Waals surface area contributed by atoms with Crippen molar-refractivity contribution in [2.24, 2.45) is 0 Å². The third-order valence-corrected chi connectivity index (χ3v) is 2.61. The molecule has 2 rings (SSSR count). The normalized spacial score (nSPS) is 10.6. The van der Waals surface area contributed by atoms with Crippen molar-refractivity contribution in [3.8, 4) is 0 Å². The van der Waals surface area contributed by atoms with Crippen molar-refractivity contribution in [2.45, 2.75) is 13.5 Å². The van der Waals surface area contributed by atoms with Gasteiger partial charge in [0.1, 0.15) is 5.82 Å². The van der Waals surface area contributed by atoms with Crippen molar-refractivity contribution in [3.05, 3.63) is 52.0 Å². The van der Waals surface area contributed by atoms with E-state index in [4.69, 9.17) is 0 Å². The van der Waals surface area contributed by atoms with Gasteiger partial charge in [-0.15, -0.1) is 0 Å². The first kappa shape index (κ1) is 10.4. The van der Waals surface area contributed by atoms with Crippen LogP contribution in [0, 0.1) is 12.7 Å². The molecule has 0 N–H and O–H groups in total. The van der Waals surface area contributed by atoms with Gasteiger partial charge in [-0.05, 0) is 31.2 Å². The maximum absolute atomic E-state index is 13.4. The van der Waals surface area contributed by atoms with E-state index in [1.165, 1.54) is 6.07 Å². The second kappa shape index (κ2) is 4.14. The quantitative estimate of drug-likeness (QED) is 0.819. The van der Waals surface area contributed by atoms with E-state index in [0.717, 1.165) is 10.2 Å². The van der Waals surface area contributed by atoms with Crippen LogP contribution in [0.3, 0.4) is 0 Å². The van der Waals surface area contributed by atoms with Gasteiger partial charge in [-0.3, -0.25) is 4.68 Å². The molecular formula is C11H10BrFN2. The summed E-state index contributed by atoms with van der Waals surface area (Å²) in [6.45, 7) is 2.37. The Labute approximate surface area is 95.9 Å². The first-order chi connectivity index (χ1) is 7.15. The lowest BCUT2D eigenvalue weighted by atomic mass is 10.2. The Hall–Kier alpha value is -1.16. The van der Waals surface area contributed by atoms with Crippen molar-refractivity contribution in [1.29, 1.82) is 0 Å². The molecule has 0 radical (unpaired) electrons. The number of benzene rings is 1. The van der Waals surface area contributed by atoms with Crippen LogP contribution < -0.4 is 0 Å². The standard InChI is InChI=1S/C11H10BrFN2/c1-8-4-5-15(14-8)7-9-6-10(12)2-3-11(9)13/h2-6H,7H2,1H3. The Kier molecular flexibility index (Phi) is 2.86. The summed E-state index contributed by atoms with van der Waals surface area (Å²) in [5.41, 5.74) is 1.57. The number of nitrogens with zero attached hydrogens (tertiary/aromatic N) is 2. The number of hydrogen-bond acceptors (Lipinski definition) is 1. The lowest BCUT2D eigenvalue weighted by Crippen LogP contribution is -2.02. The first-order valence-corrected chi connectivity index (χ1v) is 5.38. The zero-order valence-corrected chi connectivity index (χ0v) is 9.83. The molecule has 0 bridgehead atoms. The molecule has 0 aliphatic carbocycles. The van der Waals surface area contributed by atoms with Crippen LogP contribution in [-0.4, -0.2) is 9.78 Å². The average molecular weight is 269 g/mol. The molecule has 0 atom stereocenters. The third-order valence-electron chi connectivity index (χ3n) is 2.11. The van der Waals surface area contributed by atoms with Gasteiger partial charge in [0, 0.05) is 16.2 Å². The zero-order chi connectivity index (χ0) is 10.8.